The SMILES string of the molecule is CCNC(=NCc1ccc(OCC)c(F)c1)NCc1ccnn1C.I. The molecule has 0 unspecified atom stereocenters. The molecule has 0 saturated carbocycles. The Morgan fingerprint density at radius 1 is 1.28 bits per heavy atom. The molecule has 2 rings (SSSR count). The number of aryl methyl sites for hydroxylation is 1. The quantitative estimate of drug-likeness (QED) is 0.378. The molecule has 2 N–H and O–H groups in total. The van der Waals surface area contributed by atoms with Crippen LogP contribution in [0.3, 0.4) is 0 Å². The molecule has 1 aromatic carbocycles. The van der Waals surface area contributed by atoms with E-state index in [-0.39, 0.29) is 35.5 Å². The molecule has 2 aromatic rings. The highest BCUT2D eigenvalue weighted by Crippen LogP contribution is 2.18. The first-order valence-corrected chi connectivity index (χ1v) is 8.04. The van der Waals surface area contributed by atoms with Crippen LogP contribution in [0.1, 0.15) is 25.1 Å². The maximum Gasteiger partial charge on any atom is 0.191 e. The van der Waals surface area contributed by atoms with Crippen LogP contribution < -0.4 is 15.4 Å². The summed E-state index contributed by atoms with van der Waals surface area (Å²) in [5.74, 6) is 0.580. The van der Waals surface area contributed by atoms with Gasteiger partial charge in [0.1, 0.15) is 0 Å². The lowest BCUT2D eigenvalue weighted by molar-refractivity contribution is 0.321. The molecular weight excluding hydrogens is 436 g/mol. The Morgan fingerprint density at radius 2 is 2.08 bits per heavy atom. The summed E-state index contributed by atoms with van der Waals surface area (Å²) >= 11 is 0. The van der Waals surface area contributed by atoms with Crippen molar-refractivity contribution in [3.8, 4) is 5.75 Å². The predicted molar refractivity (Wildman–Crippen MR) is 108 cm³/mol. The topological polar surface area (TPSA) is 63.5 Å². The van der Waals surface area contributed by atoms with Gasteiger partial charge in [-0.2, -0.15) is 5.10 Å². The number of rotatable bonds is 7. The molecule has 0 spiro atoms. The first kappa shape index (κ1) is 21.2. The summed E-state index contributed by atoms with van der Waals surface area (Å²) in [4.78, 5) is 4.49. The van der Waals surface area contributed by atoms with Crippen LogP contribution in [-0.4, -0.2) is 28.9 Å². The number of benzene rings is 1. The zero-order chi connectivity index (χ0) is 17.4. The van der Waals surface area contributed by atoms with Gasteiger partial charge >= 0.3 is 0 Å². The Balaban J connectivity index is 0.00000312. The van der Waals surface area contributed by atoms with Gasteiger partial charge in [0.05, 0.1) is 25.4 Å². The van der Waals surface area contributed by atoms with Crippen LogP contribution in [0.5, 0.6) is 5.75 Å². The molecule has 0 atom stereocenters. The third-order valence-corrected chi connectivity index (χ3v) is 3.42. The molecule has 0 bridgehead atoms. The van der Waals surface area contributed by atoms with Crippen molar-refractivity contribution in [2.45, 2.75) is 26.9 Å². The highest BCUT2D eigenvalue weighted by Gasteiger charge is 2.05. The van der Waals surface area contributed by atoms with Crippen LogP contribution in [0.25, 0.3) is 0 Å². The number of ether oxygens (including phenoxy) is 1. The highest BCUT2D eigenvalue weighted by atomic mass is 127. The predicted octanol–water partition coefficient (Wildman–Crippen LogP) is 2.83. The average Bonchev–Trinajstić information content (AvgIpc) is 2.98. The van der Waals surface area contributed by atoms with Gasteiger partial charge in [-0.05, 0) is 37.6 Å². The van der Waals surface area contributed by atoms with E-state index in [0.717, 1.165) is 17.8 Å². The van der Waals surface area contributed by atoms with Crippen molar-refractivity contribution in [1.29, 1.82) is 0 Å². The molecule has 0 amide bonds. The van der Waals surface area contributed by atoms with Crippen LogP contribution >= 0.6 is 24.0 Å². The van der Waals surface area contributed by atoms with E-state index in [4.69, 9.17) is 4.74 Å². The Hall–Kier alpha value is -1.84. The van der Waals surface area contributed by atoms with E-state index >= 15 is 0 Å². The normalized spacial score (nSPS) is 11.0. The third kappa shape index (κ3) is 6.52. The van der Waals surface area contributed by atoms with E-state index in [1.54, 1.807) is 16.9 Å². The van der Waals surface area contributed by atoms with Crippen LogP contribution in [-0.2, 0) is 20.1 Å². The lowest BCUT2D eigenvalue weighted by Crippen LogP contribution is -2.37. The minimum Gasteiger partial charge on any atom is -0.491 e. The number of aromatic nitrogens is 2. The zero-order valence-electron chi connectivity index (χ0n) is 14.8. The van der Waals surface area contributed by atoms with Crippen LogP contribution in [0, 0.1) is 5.82 Å². The summed E-state index contributed by atoms with van der Waals surface area (Å²) in [7, 11) is 1.89. The van der Waals surface area contributed by atoms with E-state index in [2.05, 4.69) is 20.7 Å². The van der Waals surface area contributed by atoms with Crippen molar-refractivity contribution >= 4 is 29.9 Å². The number of guanidine groups is 1. The maximum atomic E-state index is 13.9. The minimum atomic E-state index is -0.364. The molecule has 1 aromatic heterocycles. The molecule has 0 aliphatic heterocycles. The van der Waals surface area contributed by atoms with E-state index < -0.39 is 0 Å². The second-order valence-electron chi connectivity index (χ2n) is 5.19. The molecular formula is C17H25FIN5O. The van der Waals surface area contributed by atoms with Gasteiger partial charge in [0.15, 0.2) is 17.5 Å². The van der Waals surface area contributed by atoms with Gasteiger partial charge in [0, 0.05) is 19.8 Å². The first-order chi connectivity index (χ1) is 11.6. The van der Waals surface area contributed by atoms with Crippen molar-refractivity contribution in [2.24, 2.45) is 12.0 Å². The number of hydrogen-bond donors (Lipinski definition) is 2. The van der Waals surface area contributed by atoms with Crippen molar-refractivity contribution in [3.05, 3.63) is 47.5 Å². The van der Waals surface area contributed by atoms with Gasteiger partial charge in [-0.1, -0.05) is 6.07 Å². The molecule has 0 radical (unpaired) electrons. The lowest BCUT2D eigenvalue weighted by Gasteiger charge is -2.11. The summed E-state index contributed by atoms with van der Waals surface area (Å²) in [5.41, 5.74) is 1.83. The van der Waals surface area contributed by atoms with Crippen LogP contribution in [0.15, 0.2) is 35.5 Å². The highest BCUT2D eigenvalue weighted by molar-refractivity contribution is 14.0. The van der Waals surface area contributed by atoms with Gasteiger partial charge in [-0.15, -0.1) is 24.0 Å². The van der Waals surface area contributed by atoms with Crippen LogP contribution in [0.4, 0.5) is 4.39 Å². The Kier molecular flexibility index (Phi) is 9.25. The van der Waals surface area contributed by atoms with Gasteiger partial charge < -0.3 is 15.4 Å². The van der Waals surface area contributed by atoms with Gasteiger partial charge in [-0.3, -0.25) is 4.68 Å². The monoisotopic (exact) mass is 461 g/mol. The molecule has 138 valence electrons. The number of halogens is 2. The third-order valence-electron chi connectivity index (χ3n) is 3.42. The van der Waals surface area contributed by atoms with Crippen LogP contribution in [0.2, 0.25) is 0 Å². The molecule has 1 heterocycles. The summed E-state index contributed by atoms with van der Waals surface area (Å²) in [6.07, 6.45) is 1.75. The number of aliphatic imine (C=N–C) groups is 1. The van der Waals surface area contributed by atoms with Crippen molar-refractivity contribution in [1.82, 2.24) is 20.4 Å². The standard InChI is InChI=1S/C17H24FN5O.HI/c1-4-19-17(21-12-14-8-9-22-23(14)3)20-11-13-6-7-16(24-5-2)15(18)10-13;/h6-10H,4-5,11-12H2,1-3H3,(H2,19,20,21);1H. The average molecular weight is 461 g/mol. The first-order valence-electron chi connectivity index (χ1n) is 8.04. The van der Waals surface area contributed by atoms with Gasteiger partial charge in [-0.25, -0.2) is 9.38 Å². The summed E-state index contributed by atoms with van der Waals surface area (Å²) in [6, 6.07) is 6.86. The van der Waals surface area contributed by atoms with Crippen molar-refractivity contribution in [3.63, 3.8) is 0 Å². The van der Waals surface area contributed by atoms with Crippen molar-refractivity contribution in [2.75, 3.05) is 13.2 Å². The summed E-state index contributed by atoms with van der Waals surface area (Å²) < 4.78 is 20.9. The molecule has 25 heavy (non-hydrogen) atoms. The zero-order valence-corrected chi connectivity index (χ0v) is 17.1. The number of nitrogens with one attached hydrogen (secondary N) is 2. The second-order valence-corrected chi connectivity index (χ2v) is 5.19. The van der Waals surface area contributed by atoms with E-state index in [1.165, 1.54) is 6.07 Å². The number of nitrogens with zero attached hydrogens (tertiary/aromatic N) is 3. The fourth-order valence-electron chi connectivity index (χ4n) is 2.18. The molecule has 0 saturated heterocycles. The number of hydrogen-bond acceptors (Lipinski definition) is 3. The van der Waals surface area contributed by atoms with E-state index in [9.17, 15) is 4.39 Å². The molecule has 0 aliphatic rings. The molecule has 0 aliphatic carbocycles. The maximum absolute atomic E-state index is 13.9. The lowest BCUT2D eigenvalue weighted by atomic mass is 10.2. The van der Waals surface area contributed by atoms with E-state index in [0.29, 0.717) is 25.7 Å². The smallest absolute Gasteiger partial charge is 0.191 e. The Bertz CT molecular complexity index is 689. The molecule has 6 nitrogen and oxygen atoms in total. The second kappa shape index (κ2) is 10.9. The summed E-state index contributed by atoms with van der Waals surface area (Å²) in [5, 5.41) is 10.5. The molecule has 0 fully saturated rings. The Labute approximate surface area is 164 Å². The fourth-order valence-corrected chi connectivity index (χ4v) is 2.18. The summed E-state index contributed by atoms with van der Waals surface area (Å²) in [6.45, 7) is 6.00. The van der Waals surface area contributed by atoms with Crippen molar-refractivity contribution < 1.29 is 9.13 Å². The minimum absolute atomic E-state index is 0. The fraction of sp³-hybridized carbons (Fsp3) is 0.412. The van der Waals surface area contributed by atoms with E-state index in [1.807, 2.05) is 33.0 Å². The van der Waals surface area contributed by atoms with Gasteiger partial charge in [0.2, 0.25) is 0 Å². The largest absolute Gasteiger partial charge is 0.491 e. The van der Waals surface area contributed by atoms with Gasteiger partial charge in [0.25, 0.3) is 0 Å². The Morgan fingerprint density at radius 3 is 2.68 bits per heavy atom. The molecule has 8 heteroatoms.